The molecule has 600 valence electrons. The second-order valence-corrected chi connectivity index (χ2v) is 27.0. The number of aromatic hydroxyl groups is 1. The molecule has 13 atom stereocenters. The van der Waals surface area contributed by atoms with Gasteiger partial charge in [-0.2, -0.15) is 0 Å². The first-order valence-corrected chi connectivity index (χ1v) is 35.0. The van der Waals surface area contributed by atoms with E-state index in [0.717, 1.165) is 13.8 Å². The summed E-state index contributed by atoms with van der Waals surface area (Å²) >= 11 is 0. The third kappa shape index (κ3) is 36.1. The lowest BCUT2D eigenvalue weighted by Crippen LogP contribution is -2.62. The number of phenolic OH excluding ortho intramolecular Hbond substituents is 1. The number of aliphatic hydroxyl groups excluding tert-OH is 2. The highest BCUT2D eigenvalue weighted by atomic mass is 16.4. The van der Waals surface area contributed by atoms with E-state index in [1.54, 1.807) is 58.0 Å². The van der Waals surface area contributed by atoms with Gasteiger partial charge in [-0.05, 0) is 99.8 Å². The average molecular weight is 1520 g/mol. The van der Waals surface area contributed by atoms with Gasteiger partial charge in [-0.3, -0.25) is 77.1 Å². The Bertz CT molecular complexity index is 3440. The molecular weight excluding hydrogens is 1410 g/mol. The summed E-state index contributed by atoms with van der Waals surface area (Å²) in [5, 5.41) is 70.8. The van der Waals surface area contributed by atoms with Crippen LogP contribution in [0.4, 0.5) is 0 Å². The molecule has 0 heterocycles. The zero-order valence-corrected chi connectivity index (χ0v) is 61.9. The monoisotopic (exact) mass is 1520 g/mol. The van der Waals surface area contributed by atoms with Crippen molar-refractivity contribution in [1.29, 1.82) is 0 Å². The number of carbonyl (C=O) groups is 15. The van der Waals surface area contributed by atoms with E-state index in [0.29, 0.717) is 17.5 Å². The van der Waals surface area contributed by atoms with Crippen LogP contribution in [0.1, 0.15) is 124 Å². The van der Waals surface area contributed by atoms with Gasteiger partial charge in [-0.25, -0.2) is 4.79 Å². The van der Waals surface area contributed by atoms with Gasteiger partial charge in [0.2, 0.25) is 82.7 Å². The summed E-state index contributed by atoms with van der Waals surface area (Å²) in [5.41, 5.74) is 39.1. The molecule has 40 heteroatoms. The molecule has 0 aliphatic carbocycles. The molecule has 108 heavy (non-hydrogen) atoms. The number of primary amides is 2. The van der Waals surface area contributed by atoms with E-state index in [9.17, 15) is 92.3 Å². The van der Waals surface area contributed by atoms with Gasteiger partial charge in [0.15, 0.2) is 11.9 Å². The molecule has 0 aromatic heterocycles. The van der Waals surface area contributed by atoms with Crippen LogP contribution in [0.3, 0.4) is 0 Å². The van der Waals surface area contributed by atoms with E-state index in [-0.39, 0.29) is 87.5 Å². The Hall–Kier alpha value is -11.3. The molecule has 0 spiro atoms. The molecule has 0 saturated carbocycles. The van der Waals surface area contributed by atoms with Gasteiger partial charge >= 0.3 is 5.97 Å². The maximum Gasteiger partial charge on any atom is 0.326 e. The molecule has 2 aromatic carbocycles. The fourth-order valence-corrected chi connectivity index (χ4v) is 10.4. The van der Waals surface area contributed by atoms with Crippen molar-refractivity contribution in [2.45, 2.75) is 205 Å². The maximum atomic E-state index is 14.7. The third-order valence-corrected chi connectivity index (χ3v) is 16.1. The molecule has 30 N–H and O–H groups in total. The summed E-state index contributed by atoms with van der Waals surface area (Å²) in [4.78, 5) is 210. The minimum absolute atomic E-state index is 0.0374. The first-order chi connectivity index (χ1) is 50.6. The maximum absolute atomic E-state index is 14.7. The summed E-state index contributed by atoms with van der Waals surface area (Å²) < 4.78 is 0. The summed E-state index contributed by atoms with van der Waals surface area (Å²) in [7, 11) is 0. The van der Waals surface area contributed by atoms with Crippen LogP contribution in [-0.2, 0) is 84.8 Å². The normalized spacial score (nSPS) is 14.7. The van der Waals surface area contributed by atoms with Gasteiger partial charge in [0.05, 0.1) is 37.8 Å². The number of benzene rings is 2. The Morgan fingerprint density at radius 1 is 0.407 bits per heavy atom. The number of hydrogen-bond donors (Lipinski definition) is 23. The summed E-state index contributed by atoms with van der Waals surface area (Å²) in [6.45, 7) is 10.7. The Morgan fingerprint density at radius 3 is 1.30 bits per heavy atom. The molecule has 14 amide bonds. The molecule has 0 fully saturated rings. The SMILES string of the molecule is CC(C)C[C@H](NC(=O)[C@H](Cc1ccccc1)NC(=O)[C@H](Cc1ccc(O)cc1)NC(=O)[C@@H](NC(=O)CNC(=O)CNC(=O)[C@@H](NC(=O)[C@H](CC(N)=O)NC(=O)[C@H](CC(C)C)NC(=O)[C@@H](N)CCCN=C(N)N)C(C)C)[C@@H](C)O)C(=O)N[C@H](C(=O)N[C@@H](CCCN=C(N)N)C(=O)N[C@@H](CCC(N)=O)C(=O)O)[C@@H](C)O. The quantitative estimate of drug-likeness (QED) is 0.0166. The zero-order chi connectivity index (χ0) is 81.7. The molecule has 0 bridgehead atoms. The zero-order valence-electron chi connectivity index (χ0n) is 61.9. The number of phenols is 1. The number of amides is 14. The fourth-order valence-electron chi connectivity index (χ4n) is 10.4. The highest BCUT2D eigenvalue weighted by Crippen LogP contribution is 2.16. The molecule has 2 rings (SSSR count). The lowest BCUT2D eigenvalue weighted by molar-refractivity contribution is -0.143. The summed E-state index contributed by atoms with van der Waals surface area (Å²) in [6.07, 6.45) is -5.34. The van der Waals surface area contributed by atoms with Crippen molar-refractivity contribution >= 4 is 101 Å². The standard InChI is InChI=1S/C68H109N21O19/c1-33(2)26-44(82-56(97)41(69)16-12-24-76-67(72)73)58(99)85-48(30-50(71)94)62(103)88-53(35(5)6)63(104)79-31-51(95)78-32-52(96)87-54(36(7)90)64(105)86-47(29-39-18-20-40(92)21-19-39)60(101)84-46(28-38-14-10-9-11-15-38)59(100)83-45(27-34(3)4)61(102)89-55(37(8)91)65(106)80-42(17-13-25-77-68(74)75)57(98)81-43(66(107)108)22-23-49(70)93/h9-11,14-15,18-21,33-37,41-48,53-55,90-92H,12-13,16-17,22-32,69H2,1-8H3,(H2,70,93)(H2,71,94)(H,78,95)(H,79,104)(H,80,106)(H,81,98)(H,82,97)(H,83,100)(H,84,101)(H,85,99)(H,86,105)(H,87,96)(H,88,103)(H,89,102)(H,107,108)(H4,72,73,76)(H4,74,75,77)/t36-,37-,41+,42+,43+,44+,45+,46+,47+,48+,53+,54+,55+/m1/s1. The number of aliphatic imine (C=N–C) groups is 2. The number of nitrogens with one attached hydrogen (secondary N) is 12. The molecule has 0 unspecified atom stereocenters. The molecule has 0 radical (unpaired) electrons. The lowest BCUT2D eigenvalue weighted by Gasteiger charge is -2.29. The molecule has 40 nitrogen and oxygen atoms in total. The smallest absolute Gasteiger partial charge is 0.326 e. The second-order valence-electron chi connectivity index (χ2n) is 27.0. The van der Waals surface area contributed by atoms with Gasteiger partial charge in [0.1, 0.15) is 66.2 Å². The predicted molar refractivity (Wildman–Crippen MR) is 392 cm³/mol. The Morgan fingerprint density at radius 2 is 0.815 bits per heavy atom. The van der Waals surface area contributed by atoms with Crippen LogP contribution in [-0.4, -0.2) is 226 Å². The number of guanidine groups is 2. The van der Waals surface area contributed by atoms with Crippen LogP contribution < -0.4 is 104 Å². The molecule has 0 saturated heterocycles. The second kappa shape index (κ2) is 47.3. The van der Waals surface area contributed by atoms with E-state index in [4.69, 9.17) is 40.1 Å². The number of rotatable bonds is 49. The number of hydrogen-bond acceptors (Lipinski definition) is 21. The predicted octanol–water partition coefficient (Wildman–Crippen LogP) is -7.57. The fraction of sp³-hybridized carbons (Fsp3) is 0.574. The van der Waals surface area contributed by atoms with Crippen LogP contribution in [0.2, 0.25) is 0 Å². The third-order valence-electron chi connectivity index (χ3n) is 16.1. The Kier molecular flexibility index (Phi) is 40.6. The topological polar surface area (TPSA) is 688 Å². The van der Waals surface area contributed by atoms with Crippen LogP contribution in [0, 0.1) is 17.8 Å². The molecule has 2 aromatic rings. The number of carboxylic acid groups (broad SMARTS) is 1. The van der Waals surface area contributed by atoms with Gasteiger partial charge in [0, 0.05) is 32.4 Å². The van der Waals surface area contributed by atoms with Crippen LogP contribution in [0.15, 0.2) is 64.6 Å². The van der Waals surface area contributed by atoms with E-state index in [1.807, 2.05) is 0 Å². The van der Waals surface area contributed by atoms with Crippen molar-refractivity contribution < 1.29 is 92.3 Å². The van der Waals surface area contributed by atoms with Crippen molar-refractivity contribution in [3.05, 3.63) is 65.7 Å². The van der Waals surface area contributed by atoms with Gasteiger partial charge < -0.3 is 124 Å². The number of carboxylic acids is 1. The highest BCUT2D eigenvalue weighted by molar-refractivity contribution is 6.00. The first kappa shape index (κ1) is 92.8. The van der Waals surface area contributed by atoms with Crippen LogP contribution in [0.5, 0.6) is 5.75 Å². The minimum atomic E-state index is -1.85. The van der Waals surface area contributed by atoms with E-state index in [2.05, 4.69) is 73.8 Å². The van der Waals surface area contributed by atoms with Crippen molar-refractivity contribution in [3.8, 4) is 5.75 Å². The van der Waals surface area contributed by atoms with E-state index < -0.39 is 206 Å². The van der Waals surface area contributed by atoms with Crippen LogP contribution in [0.25, 0.3) is 0 Å². The number of aliphatic hydroxyl groups is 2. The Labute approximate surface area is 624 Å². The summed E-state index contributed by atoms with van der Waals surface area (Å²) in [6, 6.07) is -3.42. The molecule has 0 aliphatic rings. The Balaban J connectivity index is 2.38. The average Bonchev–Trinajstić information content (AvgIpc) is 0.848. The number of carbonyl (C=O) groups excluding carboxylic acids is 14. The van der Waals surface area contributed by atoms with Crippen LogP contribution >= 0.6 is 0 Å². The first-order valence-electron chi connectivity index (χ1n) is 35.0. The summed E-state index contributed by atoms with van der Waals surface area (Å²) in [5.74, 6) is -17.2. The minimum Gasteiger partial charge on any atom is -0.508 e. The van der Waals surface area contributed by atoms with Gasteiger partial charge in [0.25, 0.3) is 0 Å². The number of nitrogens with two attached hydrogens (primary N) is 7. The van der Waals surface area contributed by atoms with Gasteiger partial charge in [-0.15, -0.1) is 0 Å². The number of aliphatic carboxylic acids is 1. The number of nitrogens with zero attached hydrogens (tertiary/aromatic N) is 2. The van der Waals surface area contributed by atoms with Crippen molar-refractivity contribution in [2.75, 3.05) is 26.2 Å². The lowest BCUT2D eigenvalue weighted by atomic mass is 9.99. The van der Waals surface area contributed by atoms with Crippen molar-refractivity contribution in [3.63, 3.8) is 0 Å². The molecule has 0 aliphatic heterocycles. The van der Waals surface area contributed by atoms with E-state index in [1.165, 1.54) is 38.1 Å². The van der Waals surface area contributed by atoms with Crippen molar-refractivity contribution in [2.24, 2.45) is 67.9 Å². The van der Waals surface area contributed by atoms with E-state index >= 15 is 0 Å². The van der Waals surface area contributed by atoms with Crippen molar-refractivity contribution in [1.82, 2.24) is 63.8 Å². The highest BCUT2D eigenvalue weighted by Gasteiger charge is 2.38. The molecular formula is C68H109N21O19. The van der Waals surface area contributed by atoms with Gasteiger partial charge in [-0.1, -0.05) is 84.0 Å². The largest absolute Gasteiger partial charge is 0.508 e.